The lowest BCUT2D eigenvalue weighted by Crippen LogP contribution is -2.32. The first-order chi connectivity index (χ1) is 11.2. The van der Waals surface area contributed by atoms with Crippen LogP contribution in [0, 0.1) is 6.92 Å². The summed E-state index contributed by atoms with van der Waals surface area (Å²) >= 11 is 1.60. The SMILES string of the molecule is Cc1nc([C@@H]2CCCNC2)cc(N2CCc3nc(N)sc3C2)n1. The first-order valence-electron chi connectivity index (χ1n) is 8.24. The van der Waals surface area contributed by atoms with E-state index in [1.54, 1.807) is 11.3 Å². The molecule has 0 unspecified atom stereocenters. The second kappa shape index (κ2) is 6.05. The Morgan fingerprint density at radius 3 is 3.09 bits per heavy atom. The largest absolute Gasteiger partial charge is 0.375 e. The van der Waals surface area contributed by atoms with Gasteiger partial charge in [0.1, 0.15) is 11.6 Å². The maximum Gasteiger partial charge on any atom is 0.180 e. The summed E-state index contributed by atoms with van der Waals surface area (Å²) in [7, 11) is 0. The van der Waals surface area contributed by atoms with Crippen molar-refractivity contribution in [2.24, 2.45) is 0 Å². The van der Waals surface area contributed by atoms with Crippen molar-refractivity contribution >= 4 is 22.3 Å². The average Bonchev–Trinajstić information content (AvgIpc) is 2.94. The molecule has 0 amide bonds. The van der Waals surface area contributed by atoms with Gasteiger partial charge in [-0.15, -0.1) is 11.3 Å². The summed E-state index contributed by atoms with van der Waals surface area (Å²) in [5.41, 5.74) is 8.18. The van der Waals surface area contributed by atoms with E-state index in [0.29, 0.717) is 11.0 Å². The number of fused-ring (bicyclic) bond motifs is 1. The van der Waals surface area contributed by atoms with E-state index in [-0.39, 0.29) is 0 Å². The van der Waals surface area contributed by atoms with Gasteiger partial charge in [-0.1, -0.05) is 0 Å². The zero-order valence-corrected chi connectivity index (χ0v) is 14.2. The molecule has 6 nitrogen and oxygen atoms in total. The van der Waals surface area contributed by atoms with Crippen molar-refractivity contribution in [2.45, 2.75) is 38.6 Å². The molecule has 2 aromatic heterocycles. The minimum atomic E-state index is 0.503. The van der Waals surface area contributed by atoms with Gasteiger partial charge >= 0.3 is 0 Å². The van der Waals surface area contributed by atoms with Gasteiger partial charge in [0.05, 0.1) is 17.9 Å². The van der Waals surface area contributed by atoms with Gasteiger partial charge in [0, 0.05) is 36.4 Å². The van der Waals surface area contributed by atoms with Gasteiger partial charge in [-0.05, 0) is 26.3 Å². The first-order valence-corrected chi connectivity index (χ1v) is 9.06. The highest BCUT2D eigenvalue weighted by Gasteiger charge is 2.23. The molecule has 1 fully saturated rings. The maximum absolute atomic E-state index is 5.84. The van der Waals surface area contributed by atoms with Crippen molar-refractivity contribution < 1.29 is 0 Å². The zero-order valence-electron chi connectivity index (χ0n) is 13.4. The van der Waals surface area contributed by atoms with Crippen LogP contribution >= 0.6 is 11.3 Å². The summed E-state index contributed by atoms with van der Waals surface area (Å²) in [5.74, 6) is 2.40. The third-order valence-corrected chi connectivity index (χ3v) is 5.54. The molecule has 122 valence electrons. The third kappa shape index (κ3) is 3.03. The van der Waals surface area contributed by atoms with Crippen molar-refractivity contribution in [2.75, 3.05) is 30.3 Å². The van der Waals surface area contributed by atoms with Crippen LogP contribution in [0.1, 0.15) is 40.8 Å². The summed E-state index contributed by atoms with van der Waals surface area (Å²) in [6.07, 6.45) is 3.36. The fourth-order valence-corrected chi connectivity index (χ4v) is 4.36. The smallest absolute Gasteiger partial charge is 0.180 e. The van der Waals surface area contributed by atoms with Gasteiger partial charge in [-0.25, -0.2) is 15.0 Å². The monoisotopic (exact) mass is 330 g/mol. The van der Waals surface area contributed by atoms with E-state index in [9.17, 15) is 0 Å². The van der Waals surface area contributed by atoms with E-state index in [0.717, 1.165) is 49.9 Å². The number of nitrogens with two attached hydrogens (primary N) is 1. The summed E-state index contributed by atoms with van der Waals surface area (Å²) in [5, 5.41) is 4.14. The Hall–Kier alpha value is -1.73. The normalized spacial score (nSPS) is 21.3. The van der Waals surface area contributed by atoms with Crippen LogP contribution in [0.4, 0.5) is 10.9 Å². The predicted molar refractivity (Wildman–Crippen MR) is 92.9 cm³/mol. The number of rotatable bonds is 2. The van der Waals surface area contributed by atoms with E-state index in [1.165, 1.54) is 23.4 Å². The molecule has 0 spiro atoms. The van der Waals surface area contributed by atoms with Gasteiger partial charge in [-0.2, -0.15) is 0 Å². The second-order valence-corrected chi connectivity index (χ2v) is 7.45. The van der Waals surface area contributed by atoms with Crippen LogP contribution in [0.25, 0.3) is 0 Å². The molecule has 1 atom stereocenters. The Morgan fingerprint density at radius 1 is 1.35 bits per heavy atom. The molecule has 2 aromatic rings. The highest BCUT2D eigenvalue weighted by molar-refractivity contribution is 7.15. The lowest BCUT2D eigenvalue weighted by Gasteiger charge is -2.29. The number of aryl methyl sites for hydroxylation is 1. The van der Waals surface area contributed by atoms with Gasteiger partial charge < -0.3 is 16.0 Å². The second-order valence-electron chi connectivity index (χ2n) is 6.34. The van der Waals surface area contributed by atoms with E-state index in [1.807, 2.05) is 6.92 Å². The Kier molecular flexibility index (Phi) is 3.90. The van der Waals surface area contributed by atoms with Crippen LogP contribution in [0.3, 0.4) is 0 Å². The molecule has 0 saturated carbocycles. The molecule has 0 aliphatic carbocycles. The van der Waals surface area contributed by atoms with Crippen LogP contribution in [0.2, 0.25) is 0 Å². The van der Waals surface area contributed by atoms with Crippen molar-refractivity contribution in [1.29, 1.82) is 0 Å². The Morgan fingerprint density at radius 2 is 2.26 bits per heavy atom. The van der Waals surface area contributed by atoms with Crippen LogP contribution in [0.15, 0.2) is 6.07 Å². The Bertz CT molecular complexity index is 707. The summed E-state index contributed by atoms with van der Waals surface area (Å²) in [6.45, 7) is 5.92. The fourth-order valence-electron chi connectivity index (χ4n) is 3.46. The number of nitrogens with one attached hydrogen (secondary N) is 1. The lowest BCUT2D eigenvalue weighted by atomic mass is 9.96. The molecular formula is C16H22N6S. The molecular weight excluding hydrogens is 308 g/mol. The molecule has 4 rings (SSSR count). The van der Waals surface area contributed by atoms with Crippen LogP contribution in [0.5, 0.6) is 0 Å². The summed E-state index contributed by atoms with van der Waals surface area (Å²) < 4.78 is 0. The van der Waals surface area contributed by atoms with E-state index >= 15 is 0 Å². The van der Waals surface area contributed by atoms with Crippen LogP contribution in [-0.2, 0) is 13.0 Å². The molecule has 0 aromatic carbocycles. The van der Waals surface area contributed by atoms with E-state index in [4.69, 9.17) is 10.7 Å². The molecule has 7 heteroatoms. The molecule has 0 bridgehead atoms. The van der Waals surface area contributed by atoms with Gasteiger partial charge in [0.2, 0.25) is 0 Å². The van der Waals surface area contributed by atoms with Gasteiger partial charge in [0.25, 0.3) is 0 Å². The Labute approximate surface area is 140 Å². The molecule has 2 aliphatic heterocycles. The highest BCUT2D eigenvalue weighted by Crippen LogP contribution is 2.30. The minimum Gasteiger partial charge on any atom is -0.375 e. The number of nitrogens with zero attached hydrogens (tertiary/aromatic N) is 4. The topological polar surface area (TPSA) is 80.0 Å². The standard InChI is InChI=1S/C16H22N6S/c1-10-19-13(11-3-2-5-18-8-11)7-15(20-10)22-6-4-12-14(9-22)23-16(17)21-12/h7,11,18H,2-6,8-9H2,1H3,(H2,17,21)/t11-/m1/s1. The number of piperidine rings is 1. The number of anilines is 2. The van der Waals surface area contributed by atoms with Crippen molar-refractivity contribution in [3.63, 3.8) is 0 Å². The summed E-state index contributed by atoms with van der Waals surface area (Å²) in [6, 6.07) is 2.18. The van der Waals surface area contributed by atoms with Gasteiger partial charge in [0.15, 0.2) is 5.13 Å². The number of hydrogen-bond donors (Lipinski definition) is 2. The molecule has 2 aliphatic rings. The van der Waals surface area contributed by atoms with E-state index in [2.05, 4.69) is 26.3 Å². The van der Waals surface area contributed by atoms with Crippen LogP contribution < -0.4 is 16.0 Å². The lowest BCUT2D eigenvalue weighted by molar-refractivity contribution is 0.453. The third-order valence-electron chi connectivity index (χ3n) is 4.63. The quantitative estimate of drug-likeness (QED) is 0.875. The predicted octanol–water partition coefficient (Wildman–Crippen LogP) is 1.85. The van der Waals surface area contributed by atoms with E-state index < -0.39 is 0 Å². The number of nitrogen functional groups attached to an aromatic ring is 1. The fraction of sp³-hybridized carbons (Fsp3) is 0.562. The molecule has 1 saturated heterocycles. The molecule has 4 heterocycles. The molecule has 0 radical (unpaired) electrons. The molecule has 3 N–H and O–H groups in total. The maximum atomic E-state index is 5.84. The number of hydrogen-bond acceptors (Lipinski definition) is 7. The van der Waals surface area contributed by atoms with Crippen molar-refractivity contribution in [3.05, 3.63) is 28.2 Å². The Balaban J connectivity index is 1.60. The van der Waals surface area contributed by atoms with Crippen LogP contribution in [-0.4, -0.2) is 34.6 Å². The van der Waals surface area contributed by atoms with Gasteiger partial charge in [-0.3, -0.25) is 0 Å². The zero-order chi connectivity index (χ0) is 15.8. The average molecular weight is 330 g/mol. The van der Waals surface area contributed by atoms with Crippen molar-refractivity contribution in [1.82, 2.24) is 20.3 Å². The summed E-state index contributed by atoms with van der Waals surface area (Å²) in [4.78, 5) is 17.4. The minimum absolute atomic E-state index is 0.503. The van der Waals surface area contributed by atoms with Crippen molar-refractivity contribution in [3.8, 4) is 0 Å². The molecule has 23 heavy (non-hydrogen) atoms. The number of thiazole rings is 1. The highest BCUT2D eigenvalue weighted by atomic mass is 32.1. The number of aromatic nitrogens is 3. The first kappa shape index (κ1) is 14.8.